The highest BCUT2D eigenvalue weighted by molar-refractivity contribution is 7.09. The zero-order valence-electron chi connectivity index (χ0n) is 15.5. The molecule has 1 fully saturated rings. The van der Waals surface area contributed by atoms with Crippen molar-refractivity contribution in [2.75, 3.05) is 39.8 Å². The van der Waals surface area contributed by atoms with Gasteiger partial charge in [0.1, 0.15) is 5.75 Å². The molecular formula is C21H28N2O2S. The minimum atomic E-state index is 0.298. The van der Waals surface area contributed by atoms with Crippen LogP contribution in [0.4, 0.5) is 0 Å². The zero-order valence-corrected chi connectivity index (χ0v) is 16.3. The third-order valence-corrected chi connectivity index (χ3v) is 5.94. The quantitative estimate of drug-likeness (QED) is 0.711. The van der Waals surface area contributed by atoms with Crippen molar-refractivity contribution in [1.29, 1.82) is 0 Å². The maximum atomic E-state index is 12.4. The predicted molar refractivity (Wildman–Crippen MR) is 107 cm³/mol. The maximum Gasteiger partial charge on any atom is 0.223 e. The van der Waals surface area contributed by atoms with Gasteiger partial charge < -0.3 is 9.64 Å². The van der Waals surface area contributed by atoms with Gasteiger partial charge in [0.2, 0.25) is 5.91 Å². The number of para-hydroxylation sites is 1. The van der Waals surface area contributed by atoms with Gasteiger partial charge in [-0.1, -0.05) is 24.3 Å². The van der Waals surface area contributed by atoms with Crippen LogP contribution in [0.1, 0.15) is 23.3 Å². The third kappa shape index (κ3) is 5.32. The van der Waals surface area contributed by atoms with E-state index in [1.165, 1.54) is 10.4 Å². The van der Waals surface area contributed by atoms with E-state index >= 15 is 0 Å². The topological polar surface area (TPSA) is 32.8 Å². The van der Waals surface area contributed by atoms with Gasteiger partial charge in [-0.3, -0.25) is 9.69 Å². The summed E-state index contributed by atoms with van der Waals surface area (Å²) in [7, 11) is 1.73. The van der Waals surface area contributed by atoms with E-state index in [1.54, 1.807) is 18.4 Å². The Labute approximate surface area is 160 Å². The molecule has 1 aliphatic rings. The number of benzene rings is 1. The SMILES string of the molecule is COc1ccccc1CCCN1CCN(C(=O)CCc2cccs2)CC1. The van der Waals surface area contributed by atoms with Crippen LogP contribution in [0.5, 0.6) is 5.75 Å². The smallest absolute Gasteiger partial charge is 0.223 e. The van der Waals surface area contributed by atoms with Crippen molar-refractivity contribution >= 4 is 17.2 Å². The number of rotatable bonds is 8. The Morgan fingerprint density at radius 2 is 1.88 bits per heavy atom. The second kappa shape index (κ2) is 9.74. The lowest BCUT2D eigenvalue weighted by Gasteiger charge is -2.34. The van der Waals surface area contributed by atoms with Gasteiger partial charge in [-0.05, 0) is 48.9 Å². The molecule has 5 heteroatoms. The molecule has 0 saturated carbocycles. The summed E-state index contributed by atoms with van der Waals surface area (Å²) in [4.78, 5) is 18.2. The van der Waals surface area contributed by atoms with Crippen LogP contribution in [-0.2, 0) is 17.6 Å². The van der Waals surface area contributed by atoms with Crippen molar-refractivity contribution in [2.24, 2.45) is 0 Å². The van der Waals surface area contributed by atoms with Crippen molar-refractivity contribution in [3.05, 3.63) is 52.2 Å². The number of piperazine rings is 1. The van der Waals surface area contributed by atoms with E-state index < -0.39 is 0 Å². The van der Waals surface area contributed by atoms with Crippen LogP contribution in [0.25, 0.3) is 0 Å². The molecule has 0 aliphatic carbocycles. The fourth-order valence-corrected chi connectivity index (χ4v) is 4.18. The molecule has 0 spiro atoms. The first-order valence-corrected chi connectivity index (χ1v) is 10.3. The normalized spacial score (nSPS) is 15.2. The number of amides is 1. The second-order valence-electron chi connectivity index (χ2n) is 6.72. The number of hydrogen-bond acceptors (Lipinski definition) is 4. The number of carbonyl (C=O) groups excluding carboxylic acids is 1. The lowest BCUT2D eigenvalue weighted by Crippen LogP contribution is -2.48. The molecule has 0 unspecified atom stereocenters. The van der Waals surface area contributed by atoms with E-state index in [2.05, 4.69) is 28.5 Å². The molecule has 1 aliphatic heterocycles. The Kier molecular flexibility index (Phi) is 7.09. The number of nitrogens with zero attached hydrogens (tertiary/aromatic N) is 2. The molecule has 2 heterocycles. The molecule has 1 aromatic heterocycles. The zero-order chi connectivity index (χ0) is 18.2. The van der Waals surface area contributed by atoms with E-state index in [4.69, 9.17) is 4.74 Å². The van der Waals surface area contributed by atoms with Gasteiger partial charge in [-0.15, -0.1) is 11.3 Å². The lowest BCUT2D eigenvalue weighted by atomic mass is 10.1. The minimum Gasteiger partial charge on any atom is -0.496 e. The molecule has 0 radical (unpaired) electrons. The molecule has 0 bridgehead atoms. The molecule has 1 aromatic carbocycles. The van der Waals surface area contributed by atoms with E-state index in [1.807, 2.05) is 23.1 Å². The largest absolute Gasteiger partial charge is 0.496 e. The highest BCUT2D eigenvalue weighted by Gasteiger charge is 2.20. The minimum absolute atomic E-state index is 0.298. The second-order valence-corrected chi connectivity index (χ2v) is 7.75. The summed E-state index contributed by atoms with van der Waals surface area (Å²) < 4.78 is 5.42. The number of ether oxygens (including phenoxy) is 1. The maximum absolute atomic E-state index is 12.4. The van der Waals surface area contributed by atoms with Crippen molar-refractivity contribution < 1.29 is 9.53 Å². The Morgan fingerprint density at radius 1 is 1.08 bits per heavy atom. The fourth-order valence-electron chi connectivity index (χ4n) is 3.47. The summed E-state index contributed by atoms with van der Waals surface area (Å²) in [5, 5.41) is 2.07. The number of methoxy groups -OCH3 is 1. The summed E-state index contributed by atoms with van der Waals surface area (Å²) in [6.07, 6.45) is 3.65. The number of aryl methyl sites for hydroxylation is 2. The highest BCUT2D eigenvalue weighted by atomic mass is 32.1. The van der Waals surface area contributed by atoms with Gasteiger partial charge in [0.15, 0.2) is 0 Å². The number of thiophene rings is 1. The molecule has 1 saturated heterocycles. The molecule has 0 N–H and O–H groups in total. The van der Waals surface area contributed by atoms with Crippen molar-refractivity contribution in [1.82, 2.24) is 9.80 Å². The van der Waals surface area contributed by atoms with E-state index in [0.29, 0.717) is 12.3 Å². The predicted octanol–water partition coefficient (Wildman–Crippen LogP) is 3.47. The average Bonchev–Trinajstić information content (AvgIpc) is 3.20. The van der Waals surface area contributed by atoms with Crippen LogP contribution >= 0.6 is 11.3 Å². The summed E-state index contributed by atoms with van der Waals surface area (Å²) in [6.45, 7) is 4.76. The van der Waals surface area contributed by atoms with E-state index in [0.717, 1.165) is 57.7 Å². The Morgan fingerprint density at radius 3 is 2.62 bits per heavy atom. The molecule has 3 rings (SSSR count). The standard InChI is InChI=1S/C21H28N2O2S/c1-25-20-9-3-2-6-18(20)7-4-12-22-13-15-23(16-14-22)21(24)11-10-19-8-5-17-26-19/h2-3,5-6,8-9,17H,4,7,10-16H2,1H3. The van der Waals surface area contributed by atoms with Gasteiger partial charge in [0.25, 0.3) is 0 Å². The first kappa shape index (κ1) is 18.9. The Bertz CT molecular complexity index is 679. The Balaban J connectivity index is 1.35. The first-order chi connectivity index (χ1) is 12.8. The summed E-state index contributed by atoms with van der Waals surface area (Å²) in [6, 6.07) is 12.4. The molecule has 4 nitrogen and oxygen atoms in total. The van der Waals surface area contributed by atoms with Crippen LogP contribution in [0.3, 0.4) is 0 Å². The van der Waals surface area contributed by atoms with Crippen molar-refractivity contribution in [3.63, 3.8) is 0 Å². The number of carbonyl (C=O) groups is 1. The highest BCUT2D eigenvalue weighted by Crippen LogP contribution is 2.19. The molecule has 1 amide bonds. The molecule has 140 valence electrons. The monoisotopic (exact) mass is 372 g/mol. The Hall–Kier alpha value is -1.85. The summed E-state index contributed by atoms with van der Waals surface area (Å²) in [5.74, 6) is 1.28. The van der Waals surface area contributed by atoms with E-state index in [-0.39, 0.29) is 0 Å². The van der Waals surface area contributed by atoms with Crippen molar-refractivity contribution in [2.45, 2.75) is 25.7 Å². The van der Waals surface area contributed by atoms with Crippen LogP contribution in [0.15, 0.2) is 41.8 Å². The van der Waals surface area contributed by atoms with Gasteiger partial charge in [0, 0.05) is 37.5 Å². The first-order valence-electron chi connectivity index (χ1n) is 9.40. The van der Waals surface area contributed by atoms with Gasteiger partial charge >= 0.3 is 0 Å². The van der Waals surface area contributed by atoms with Gasteiger partial charge in [0.05, 0.1) is 7.11 Å². The van der Waals surface area contributed by atoms with Crippen LogP contribution in [-0.4, -0.2) is 55.5 Å². The fraction of sp³-hybridized carbons (Fsp3) is 0.476. The van der Waals surface area contributed by atoms with E-state index in [9.17, 15) is 4.79 Å². The molecule has 26 heavy (non-hydrogen) atoms. The molecule has 2 aromatic rings. The third-order valence-electron chi connectivity index (χ3n) is 5.00. The van der Waals surface area contributed by atoms with Crippen LogP contribution < -0.4 is 4.74 Å². The van der Waals surface area contributed by atoms with Gasteiger partial charge in [-0.2, -0.15) is 0 Å². The van der Waals surface area contributed by atoms with Crippen LogP contribution in [0, 0.1) is 0 Å². The molecule has 0 atom stereocenters. The van der Waals surface area contributed by atoms with Crippen LogP contribution in [0.2, 0.25) is 0 Å². The molecular weight excluding hydrogens is 344 g/mol. The lowest BCUT2D eigenvalue weighted by molar-refractivity contribution is -0.132. The summed E-state index contributed by atoms with van der Waals surface area (Å²) in [5.41, 5.74) is 1.28. The average molecular weight is 373 g/mol. The van der Waals surface area contributed by atoms with Gasteiger partial charge in [-0.25, -0.2) is 0 Å². The summed E-state index contributed by atoms with van der Waals surface area (Å²) >= 11 is 1.73. The van der Waals surface area contributed by atoms with Crippen molar-refractivity contribution in [3.8, 4) is 5.75 Å². The number of hydrogen-bond donors (Lipinski definition) is 0.